The maximum Gasteiger partial charge on any atom is 0.238 e. The number of hydrogen-bond donors (Lipinski definition) is 1. The molecular formula is C23H22N2O2. The van der Waals surface area contributed by atoms with Crippen molar-refractivity contribution in [3.8, 4) is 0 Å². The van der Waals surface area contributed by atoms with Gasteiger partial charge in [0.2, 0.25) is 11.8 Å². The highest BCUT2D eigenvalue weighted by Crippen LogP contribution is 2.29. The van der Waals surface area contributed by atoms with Crippen molar-refractivity contribution in [3.05, 3.63) is 102 Å². The number of carbonyl (C=O) groups excluding carboxylic acids is 2. The van der Waals surface area contributed by atoms with Gasteiger partial charge in [-0.2, -0.15) is 0 Å². The summed E-state index contributed by atoms with van der Waals surface area (Å²) in [4.78, 5) is 26.6. The standard InChI is InChI=1S/C23H22N2O2/c24-21(26)16-17-25(20-14-8-3-9-15-20)23(27)22(18-10-4-1-5-11-18)19-12-6-2-7-13-19/h1-15,22H,16-17H2,(H2,24,26). The Morgan fingerprint density at radius 3 is 1.63 bits per heavy atom. The summed E-state index contributed by atoms with van der Waals surface area (Å²) in [6.07, 6.45) is 0.108. The highest BCUT2D eigenvalue weighted by atomic mass is 16.2. The van der Waals surface area contributed by atoms with Crippen LogP contribution in [-0.2, 0) is 9.59 Å². The smallest absolute Gasteiger partial charge is 0.238 e. The van der Waals surface area contributed by atoms with Gasteiger partial charge in [-0.05, 0) is 23.3 Å². The van der Waals surface area contributed by atoms with E-state index in [1.807, 2.05) is 91.0 Å². The Morgan fingerprint density at radius 1 is 0.741 bits per heavy atom. The van der Waals surface area contributed by atoms with Gasteiger partial charge in [-0.1, -0.05) is 78.9 Å². The molecule has 2 N–H and O–H groups in total. The van der Waals surface area contributed by atoms with Crippen molar-refractivity contribution in [3.63, 3.8) is 0 Å². The van der Waals surface area contributed by atoms with Gasteiger partial charge in [0.25, 0.3) is 0 Å². The summed E-state index contributed by atoms with van der Waals surface area (Å²) >= 11 is 0. The SMILES string of the molecule is NC(=O)CCN(C(=O)C(c1ccccc1)c1ccccc1)c1ccccc1. The summed E-state index contributed by atoms with van der Waals surface area (Å²) in [7, 11) is 0. The lowest BCUT2D eigenvalue weighted by Gasteiger charge is -2.28. The molecule has 0 aliphatic carbocycles. The largest absolute Gasteiger partial charge is 0.370 e. The first-order valence-electron chi connectivity index (χ1n) is 8.91. The molecule has 0 radical (unpaired) electrons. The molecule has 0 unspecified atom stereocenters. The Bertz CT molecular complexity index is 841. The third kappa shape index (κ3) is 4.61. The van der Waals surface area contributed by atoms with E-state index in [9.17, 15) is 9.59 Å². The van der Waals surface area contributed by atoms with Crippen molar-refractivity contribution in [1.29, 1.82) is 0 Å². The summed E-state index contributed by atoms with van der Waals surface area (Å²) in [5.41, 5.74) is 7.91. The van der Waals surface area contributed by atoms with Crippen molar-refractivity contribution in [1.82, 2.24) is 0 Å². The van der Waals surface area contributed by atoms with E-state index in [4.69, 9.17) is 5.73 Å². The normalized spacial score (nSPS) is 10.6. The Balaban J connectivity index is 2.03. The Hall–Kier alpha value is -3.40. The maximum absolute atomic E-state index is 13.6. The molecule has 3 aromatic rings. The van der Waals surface area contributed by atoms with Gasteiger partial charge in [0.05, 0.1) is 5.92 Å². The van der Waals surface area contributed by atoms with Crippen LogP contribution in [0.3, 0.4) is 0 Å². The summed E-state index contributed by atoms with van der Waals surface area (Å²) in [6.45, 7) is 0.244. The van der Waals surface area contributed by atoms with Crippen LogP contribution < -0.4 is 10.6 Å². The van der Waals surface area contributed by atoms with Crippen LogP contribution in [0, 0.1) is 0 Å². The number of nitrogens with zero attached hydrogens (tertiary/aromatic N) is 1. The Kier molecular flexibility index (Phi) is 6.00. The molecule has 0 bridgehead atoms. The van der Waals surface area contributed by atoms with Crippen LogP contribution in [0.5, 0.6) is 0 Å². The number of nitrogens with two attached hydrogens (primary N) is 1. The predicted molar refractivity (Wildman–Crippen MR) is 107 cm³/mol. The molecule has 0 saturated heterocycles. The molecule has 4 nitrogen and oxygen atoms in total. The van der Waals surface area contributed by atoms with Crippen LogP contribution in [-0.4, -0.2) is 18.4 Å². The van der Waals surface area contributed by atoms with E-state index in [2.05, 4.69) is 0 Å². The first-order valence-corrected chi connectivity index (χ1v) is 8.91. The van der Waals surface area contributed by atoms with Crippen LogP contribution in [0.1, 0.15) is 23.5 Å². The number of para-hydroxylation sites is 1. The van der Waals surface area contributed by atoms with E-state index in [-0.39, 0.29) is 18.9 Å². The minimum Gasteiger partial charge on any atom is -0.370 e. The Labute approximate surface area is 159 Å². The molecule has 4 heteroatoms. The van der Waals surface area contributed by atoms with Gasteiger partial charge >= 0.3 is 0 Å². The van der Waals surface area contributed by atoms with Crippen LogP contribution in [0.4, 0.5) is 5.69 Å². The van der Waals surface area contributed by atoms with E-state index in [0.717, 1.165) is 16.8 Å². The average molecular weight is 358 g/mol. The molecule has 0 atom stereocenters. The third-order valence-electron chi connectivity index (χ3n) is 4.43. The molecule has 3 rings (SSSR count). The van der Waals surface area contributed by atoms with Crippen LogP contribution in [0.25, 0.3) is 0 Å². The minimum absolute atomic E-state index is 0.0835. The number of benzene rings is 3. The lowest BCUT2D eigenvalue weighted by Crippen LogP contribution is -2.38. The first-order chi connectivity index (χ1) is 13.2. The van der Waals surface area contributed by atoms with Crippen molar-refractivity contribution in [2.45, 2.75) is 12.3 Å². The highest BCUT2D eigenvalue weighted by molar-refractivity contribution is 6.00. The van der Waals surface area contributed by atoms with E-state index in [1.54, 1.807) is 4.90 Å². The van der Waals surface area contributed by atoms with Crippen LogP contribution >= 0.6 is 0 Å². The molecule has 0 saturated carbocycles. The van der Waals surface area contributed by atoms with E-state index >= 15 is 0 Å². The first kappa shape index (κ1) is 18.4. The summed E-state index contributed by atoms with van der Waals surface area (Å²) in [6, 6.07) is 28.7. The molecule has 0 fully saturated rings. The van der Waals surface area contributed by atoms with E-state index in [0.29, 0.717) is 0 Å². The number of hydrogen-bond acceptors (Lipinski definition) is 2. The van der Waals surface area contributed by atoms with Gasteiger partial charge in [0, 0.05) is 18.7 Å². The van der Waals surface area contributed by atoms with E-state index < -0.39 is 11.8 Å². The van der Waals surface area contributed by atoms with Crippen molar-refractivity contribution in [2.24, 2.45) is 5.73 Å². The van der Waals surface area contributed by atoms with Crippen LogP contribution in [0.2, 0.25) is 0 Å². The summed E-state index contributed by atoms with van der Waals surface area (Å²) in [5.74, 6) is -0.972. The second kappa shape index (κ2) is 8.81. The lowest BCUT2D eigenvalue weighted by molar-refractivity contribution is -0.119. The summed E-state index contributed by atoms with van der Waals surface area (Å²) in [5, 5.41) is 0. The highest BCUT2D eigenvalue weighted by Gasteiger charge is 2.28. The van der Waals surface area contributed by atoms with Gasteiger partial charge in [-0.25, -0.2) is 0 Å². The minimum atomic E-state index is -0.458. The second-order valence-corrected chi connectivity index (χ2v) is 6.30. The number of anilines is 1. The fraction of sp³-hybridized carbons (Fsp3) is 0.130. The quantitative estimate of drug-likeness (QED) is 0.699. The monoisotopic (exact) mass is 358 g/mol. The van der Waals surface area contributed by atoms with Gasteiger partial charge in [-0.3, -0.25) is 9.59 Å². The molecule has 0 spiro atoms. The molecule has 0 aromatic heterocycles. The third-order valence-corrected chi connectivity index (χ3v) is 4.43. The van der Waals surface area contributed by atoms with Crippen molar-refractivity contribution >= 4 is 17.5 Å². The fourth-order valence-corrected chi connectivity index (χ4v) is 3.12. The molecule has 2 amide bonds. The van der Waals surface area contributed by atoms with Crippen molar-refractivity contribution in [2.75, 3.05) is 11.4 Å². The average Bonchev–Trinajstić information content (AvgIpc) is 2.71. The predicted octanol–water partition coefficient (Wildman–Crippen LogP) is 3.73. The van der Waals surface area contributed by atoms with Crippen LogP contribution in [0.15, 0.2) is 91.0 Å². The molecule has 0 aliphatic heterocycles. The zero-order valence-electron chi connectivity index (χ0n) is 15.0. The van der Waals surface area contributed by atoms with Gasteiger partial charge in [-0.15, -0.1) is 0 Å². The van der Waals surface area contributed by atoms with Gasteiger partial charge < -0.3 is 10.6 Å². The molecule has 3 aromatic carbocycles. The number of amides is 2. The number of rotatable bonds is 7. The lowest BCUT2D eigenvalue weighted by atomic mass is 9.89. The summed E-state index contributed by atoms with van der Waals surface area (Å²) < 4.78 is 0. The van der Waals surface area contributed by atoms with Gasteiger partial charge in [0.1, 0.15) is 0 Å². The molecule has 0 heterocycles. The fourth-order valence-electron chi connectivity index (χ4n) is 3.12. The maximum atomic E-state index is 13.6. The Morgan fingerprint density at radius 2 is 1.19 bits per heavy atom. The number of carbonyl (C=O) groups is 2. The zero-order chi connectivity index (χ0) is 19.1. The number of primary amides is 1. The second-order valence-electron chi connectivity index (χ2n) is 6.30. The van der Waals surface area contributed by atoms with Gasteiger partial charge in [0.15, 0.2) is 0 Å². The van der Waals surface area contributed by atoms with Crippen molar-refractivity contribution < 1.29 is 9.59 Å². The topological polar surface area (TPSA) is 63.4 Å². The zero-order valence-corrected chi connectivity index (χ0v) is 15.0. The molecule has 27 heavy (non-hydrogen) atoms. The molecule has 0 aliphatic rings. The molecular weight excluding hydrogens is 336 g/mol. The van der Waals surface area contributed by atoms with E-state index in [1.165, 1.54) is 0 Å². The molecule has 136 valence electrons.